The second-order valence-electron chi connectivity index (χ2n) is 4.96. The number of fused-ring (bicyclic) bond motifs is 1. The van der Waals surface area contributed by atoms with Crippen LogP contribution in [0.4, 0.5) is 0 Å². The van der Waals surface area contributed by atoms with Crippen molar-refractivity contribution < 1.29 is 4.79 Å². The molecular formula is C15H16OS2. The van der Waals surface area contributed by atoms with E-state index in [9.17, 15) is 4.79 Å². The summed E-state index contributed by atoms with van der Waals surface area (Å²) in [5.41, 5.74) is 2.53. The Morgan fingerprint density at radius 1 is 1.39 bits per heavy atom. The Bertz CT molecular complexity index is 572. The molecule has 2 heterocycles. The monoisotopic (exact) mass is 276 g/mol. The van der Waals surface area contributed by atoms with Crippen LogP contribution in [-0.2, 0) is 6.42 Å². The maximum Gasteiger partial charge on any atom is 0.180 e. The van der Waals surface area contributed by atoms with Crippen LogP contribution in [0.5, 0.6) is 0 Å². The van der Waals surface area contributed by atoms with Crippen LogP contribution in [-0.4, -0.2) is 5.78 Å². The summed E-state index contributed by atoms with van der Waals surface area (Å²) in [6.07, 6.45) is 3.31. The van der Waals surface area contributed by atoms with Crippen molar-refractivity contribution in [1.29, 1.82) is 0 Å². The van der Waals surface area contributed by atoms with Gasteiger partial charge >= 0.3 is 0 Å². The SMILES string of the molecule is Cc1cc(C(=O)C2CCCc3sccc32)sc1C. The van der Waals surface area contributed by atoms with E-state index < -0.39 is 0 Å². The van der Waals surface area contributed by atoms with Crippen LogP contribution in [0.25, 0.3) is 0 Å². The van der Waals surface area contributed by atoms with Crippen LogP contribution >= 0.6 is 22.7 Å². The van der Waals surface area contributed by atoms with E-state index in [1.807, 2.05) is 0 Å². The minimum atomic E-state index is 0.109. The molecule has 2 aromatic heterocycles. The molecule has 0 fully saturated rings. The zero-order valence-corrected chi connectivity index (χ0v) is 12.3. The first kappa shape index (κ1) is 12.1. The first-order valence-corrected chi connectivity index (χ1v) is 8.04. The molecule has 0 spiro atoms. The van der Waals surface area contributed by atoms with Gasteiger partial charge in [-0.1, -0.05) is 0 Å². The molecule has 94 valence electrons. The van der Waals surface area contributed by atoms with Gasteiger partial charge in [-0.2, -0.15) is 0 Å². The molecule has 0 aromatic carbocycles. The number of hydrogen-bond donors (Lipinski definition) is 0. The van der Waals surface area contributed by atoms with Gasteiger partial charge in [0.2, 0.25) is 0 Å². The summed E-state index contributed by atoms with van der Waals surface area (Å²) in [4.78, 5) is 16.3. The molecule has 0 saturated heterocycles. The molecule has 3 rings (SSSR count). The molecular weight excluding hydrogens is 260 g/mol. The maximum atomic E-state index is 12.6. The first-order chi connectivity index (χ1) is 8.66. The number of thiophene rings is 2. The van der Waals surface area contributed by atoms with Gasteiger partial charge in [-0.05, 0) is 61.7 Å². The van der Waals surface area contributed by atoms with Crippen LogP contribution in [0.2, 0.25) is 0 Å². The smallest absolute Gasteiger partial charge is 0.180 e. The molecule has 18 heavy (non-hydrogen) atoms. The lowest BCUT2D eigenvalue weighted by Gasteiger charge is -2.20. The third-order valence-electron chi connectivity index (χ3n) is 3.78. The van der Waals surface area contributed by atoms with Crippen LogP contribution in [0.15, 0.2) is 17.5 Å². The Hall–Kier alpha value is -0.930. The second kappa shape index (κ2) is 4.63. The molecule has 3 heteroatoms. The van der Waals surface area contributed by atoms with Crippen molar-refractivity contribution in [3.8, 4) is 0 Å². The topological polar surface area (TPSA) is 17.1 Å². The van der Waals surface area contributed by atoms with Crippen molar-refractivity contribution in [2.24, 2.45) is 0 Å². The van der Waals surface area contributed by atoms with E-state index in [0.717, 1.165) is 24.1 Å². The normalized spacial score (nSPS) is 18.7. The Labute approximate surface area is 115 Å². The molecule has 1 aliphatic rings. The molecule has 0 amide bonds. The lowest BCUT2D eigenvalue weighted by Crippen LogP contribution is -2.16. The quantitative estimate of drug-likeness (QED) is 0.725. The van der Waals surface area contributed by atoms with Crippen molar-refractivity contribution in [1.82, 2.24) is 0 Å². The molecule has 2 aromatic rings. The fourth-order valence-corrected chi connectivity index (χ4v) is 4.64. The average Bonchev–Trinajstić information content (AvgIpc) is 2.95. The number of carbonyl (C=O) groups excluding carboxylic acids is 1. The molecule has 1 unspecified atom stereocenters. The Morgan fingerprint density at radius 2 is 2.22 bits per heavy atom. The molecule has 0 saturated carbocycles. The van der Waals surface area contributed by atoms with Gasteiger partial charge in [0.25, 0.3) is 0 Å². The van der Waals surface area contributed by atoms with E-state index in [0.29, 0.717) is 5.78 Å². The highest BCUT2D eigenvalue weighted by atomic mass is 32.1. The predicted molar refractivity (Wildman–Crippen MR) is 78.1 cm³/mol. The summed E-state index contributed by atoms with van der Waals surface area (Å²) in [6, 6.07) is 4.21. The van der Waals surface area contributed by atoms with Gasteiger partial charge < -0.3 is 0 Å². The Kier molecular flexibility index (Phi) is 3.12. The predicted octanol–water partition coefficient (Wildman–Crippen LogP) is 4.73. The molecule has 0 bridgehead atoms. The second-order valence-corrected chi connectivity index (χ2v) is 7.22. The number of hydrogen-bond acceptors (Lipinski definition) is 3. The Morgan fingerprint density at radius 3 is 2.94 bits per heavy atom. The largest absolute Gasteiger partial charge is 0.293 e. The van der Waals surface area contributed by atoms with E-state index >= 15 is 0 Å². The number of rotatable bonds is 2. The summed E-state index contributed by atoms with van der Waals surface area (Å²) in [6.45, 7) is 4.17. The van der Waals surface area contributed by atoms with Crippen molar-refractivity contribution in [3.63, 3.8) is 0 Å². The van der Waals surface area contributed by atoms with E-state index in [1.165, 1.54) is 20.9 Å². The summed E-state index contributed by atoms with van der Waals surface area (Å²) < 4.78 is 0. The highest BCUT2D eigenvalue weighted by molar-refractivity contribution is 7.14. The van der Waals surface area contributed by atoms with Crippen molar-refractivity contribution in [2.45, 2.75) is 39.0 Å². The fourth-order valence-electron chi connectivity index (χ4n) is 2.63. The Balaban J connectivity index is 1.95. The summed E-state index contributed by atoms with van der Waals surface area (Å²) >= 11 is 3.45. The molecule has 1 atom stereocenters. The number of ketones is 1. The van der Waals surface area contributed by atoms with Crippen molar-refractivity contribution in [3.05, 3.63) is 43.3 Å². The molecule has 0 N–H and O–H groups in total. The van der Waals surface area contributed by atoms with Gasteiger partial charge in [-0.25, -0.2) is 0 Å². The standard InChI is InChI=1S/C15H16OS2/c1-9-8-14(18-10(9)2)15(16)12-4-3-5-13-11(12)6-7-17-13/h6-8,12H,3-5H2,1-2H3. The van der Waals surface area contributed by atoms with Gasteiger partial charge in [0.05, 0.1) is 4.88 Å². The highest BCUT2D eigenvalue weighted by Crippen LogP contribution is 2.38. The van der Waals surface area contributed by atoms with E-state index in [1.54, 1.807) is 22.7 Å². The third kappa shape index (κ3) is 1.95. The zero-order chi connectivity index (χ0) is 12.7. The zero-order valence-electron chi connectivity index (χ0n) is 10.7. The van der Waals surface area contributed by atoms with Crippen LogP contribution in [0.3, 0.4) is 0 Å². The summed E-state index contributed by atoms with van der Waals surface area (Å²) in [5.74, 6) is 0.438. The van der Waals surface area contributed by atoms with Crippen LogP contribution < -0.4 is 0 Å². The van der Waals surface area contributed by atoms with Gasteiger partial charge in [-0.15, -0.1) is 22.7 Å². The summed E-state index contributed by atoms with van der Waals surface area (Å²) in [5, 5.41) is 2.13. The lowest BCUT2D eigenvalue weighted by atomic mass is 9.84. The minimum Gasteiger partial charge on any atom is -0.293 e. The van der Waals surface area contributed by atoms with Crippen molar-refractivity contribution >= 4 is 28.5 Å². The van der Waals surface area contributed by atoms with Crippen LogP contribution in [0, 0.1) is 13.8 Å². The van der Waals surface area contributed by atoms with Crippen molar-refractivity contribution in [2.75, 3.05) is 0 Å². The van der Waals surface area contributed by atoms with E-state index in [-0.39, 0.29) is 5.92 Å². The number of aryl methyl sites for hydroxylation is 3. The maximum absolute atomic E-state index is 12.6. The van der Waals surface area contributed by atoms with Gasteiger partial charge in [0, 0.05) is 15.7 Å². The fraction of sp³-hybridized carbons (Fsp3) is 0.400. The van der Waals surface area contributed by atoms with Gasteiger partial charge in [-0.3, -0.25) is 4.79 Å². The van der Waals surface area contributed by atoms with Gasteiger partial charge in [0.1, 0.15) is 0 Å². The van der Waals surface area contributed by atoms with Gasteiger partial charge in [0.15, 0.2) is 5.78 Å². The van der Waals surface area contributed by atoms with E-state index in [4.69, 9.17) is 0 Å². The number of Topliss-reactive ketones (excluding diaryl/α,β-unsaturated/α-hetero) is 1. The summed E-state index contributed by atoms with van der Waals surface area (Å²) in [7, 11) is 0. The number of carbonyl (C=O) groups is 1. The minimum absolute atomic E-state index is 0.109. The van der Waals surface area contributed by atoms with E-state index in [2.05, 4.69) is 31.4 Å². The lowest BCUT2D eigenvalue weighted by molar-refractivity contribution is 0.0955. The molecule has 0 radical (unpaired) electrons. The molecule has 1 nitrogen and oxygen atoms in total. The molecule has 1 aliphatic carbocycles. The van der Waals surface area contributed by atoms with Crippen LogP contribution in [0.1, 0.15) is 49.3 Å². The first-order valence-electron chi connectivity index (χ1n) is 6.34. The third-order valence-corrected chi connectivity index (χ3v) is 5.94. The highest BCUT2D eigenvalue weighted by Gasteiger charge is 2.28. The average molecular weight is 276 g/mol. The molecule has 0 aliphatic heterocycles.